The van der Waals surface area contributed by atoms with Crippen molar-refractivity contribution in [2.24, 2.45) is 0 Å². The van der Waals surface area contributed by atoms with Gasteiger partial charge in [0.2, 0.25) is 0 Å². The van der Waals surface area contributed by atoms with Crippen molar-refractivity contribution in [2.75, 3.05) is 42.7 Å². The first-order valence-electron chi connectivity index (χ1n) is 17.3. The van der Waals surface area contributed by atoms with E-state index in [1.54, 1.807) is 42.7 Å². The van der Waals surface area contributed by atoms with E-state index in [0.717, 1.165) is 66.8 Å². The standard InChI is InChI=1S/C44H38N4O6/c1-49-33-10-7-11-34(50-2)42(33)39-27-18-16-25(45-27)24-26-17-19-28(46-26)40(43-35(51-3)12-8-13-36(43)52-4)30-21-23-32(48-30)41(31-22-20-29(39)47-31)44-37(53-5)14-9-15-38(44)54-6/h7-24,45,48H,1-6H3. The van der Waals surface area contributed by atoms with Gasteiger partial charge in [-0.3, -0.25) is 0 Å². The fraction of sp³-hybridized carbons (Fsp3) is 0.136. The molecule has 2 aliphatic heterocycles. The zero-order valence-corrected chi connectivity index (χ0v) is 30.7. The molecule has 54 heavy (non-hydrogen) atoms. The minimum Gasteiger partial charge on any atom is -0.496 e. The third kappa shape index (κ3) is 5.78. The highest BCUT2D eigenvalue weighted by molar-refractivity contribution is 6.01. The normalized spacial score (nSPS) is 11.7. The molecule has 0 unspecified atom stereocenters. The molecule has 10 heteroatoms. The number of nitrogens with zero attached hydrogens (tertiary/aromatic N) is 2. The molecule has 0 radical (unpaired) electrons. The first kappa shape index (κ1) is 34.2. The minimum atomic E-state index is 0.623. The van der Waals surface area contributed by atoms with Crippen LogP contribution in [-0.4, -0.2) is 62.6 Å². The van der Waals surface area contributed by atoms with Gasteiger partial charge in [0.15, 0.2) is 0 Å². The molecule has 3 aromatic heterocycles. The van der Waals surface area contributed by atoms with Crippen molar-refractivity contribution in [3.05, 3.63) is 108 Å². The van der Waals surface area contributed by atoms with Crippen LogP contribution in [0.15, 0.2) is 84.9 Å². The van der Waals surface area contributed by atoms with Crippen molar-refractivity contribution in [3.8, 4) is 67.9 Å². The molecule has 0 amide bonds. The van der Waals surface area contributed by atoms with Crippen LogP contribution < -0.4 is 28.4 Å². The Kier molecular flexibility index (Phi) is 9.00. The molecular formula is C44H38N4O6. The van der Waals surface area contributed by atoms with Gasteiger partial charge in [-0.25, -0.2) is 9.97 Å². The highest BCUT2D eigenvalue weighted by Crippen LogP contribution is 2.47. The zero-order chi connectivity index (χ0) is 37.3. The third-order valence-electron chi connectivity index (χ3n) is 9.61. The van der Waals surface area contributed by atoms with Crippen LogP contribution in [0.3, 0.4) is 0 Å². The molecule has 5 heterocycles. The SMILES string of the molecule is COc1cccc(OC)c1-c1c2nc(c(-c3c(OC)cccc3OC)c3ccc([nH]3)c(-c3c(OC)cccc3OC)c3nc(cc4ccc1[nH]4)C=C3)C=C2. The second kappa shape index (κ2) is 14.2. The summed E-state index contributed by atoms with van der Waals surface area (Å²) in [4.78, 5) is 17.9. The Morgan fingerprint density at radius 2 is 0.722 bits per heavy atom. The number of nitrogens with one attached hydrogen (secondary N) is 2. The molecule has 3 aromatic carbocycles. The lowest BCUT2D eigenvalue weighted by Gasteiger charge is -2.15. The number of H-pyrrole nitrogens is 2. The largest absolute Gasteiger partial charge is 0.496 e. The maximum atomic E-state index is 5.98. The summed E-state index contributed by atoms with van der Waals surface area (Å²) >= 11 is 0. The van der Waals surface area contributed by atoms with Crippen LogP contribution >= 0.6 is 0 Å². The van der Waals surface area contributed by atoms with Crippen LogP contribution in [-0.2, 0) is 0 Å². The fourth-order valence-electron chi connectivity index (χ4n) is 7.22. The van der Waals surface area contributed by atoms with E-state index in [0.29, 0.717) is 45.9 Å². The van der Waals surface area contributed by atoms with E-state index in [2.05, 4.69) is 9.97 Å². The van der Waals surface area contributed by atoms with E-state index >= 15 is 0 Å². The molecule has 0 fully saturated rings. The van der Waals surface area contributed by atoms with Gasteiger partial charge in [-0.1, -0.05) is 18.2 Å². The Morgan fingerprint density at radius 3 is 1.13 bits per heavy atom. The highest BCUT2D eigenvalue weighted by atomic mass is 16.5. The number of aromatic amines is 2. The van der Waals surface area contributed by atoms with E-state index in [9.17, 15) is 0 Å². The number of hydrogen-bond donors (Lipinski definition) is 2. The van der Waals surface area contributed by atoms with Gasteiger partial charge >= 0.3 is 0 Å². The van der Waals surface area contributed by atoms with Crippen molar-refractivity contribution in [2.45, 2.75) is 0 Å². The summed E-state index contributed by atoms with van der Waals surface area (Å²) in [7, 11) is 9.91. The summed E-state index contributed by atoms with van der Waals surface area (Å²) < 4.78 is 35.6. The van der Waals surface area contributed by atoms with Crippen molar-refractivity contribution in [1.29, 1.82) is 0 Å². The van der Waals surface area contributed by atoms with Crippen LogP contribution in [0.4, 0.5) is 0 Å². The van der Waals surface area contributed by atoms with E-state index < -0.39 is 0 Å². The Balaban J connectivity index is 1.60. The molecule has 2 N–H and O–H groups in total. The fourth-order valence-corrected chi connectivity index (χ4v) is 7.22. The van der Waals surface area contributed by atoms with Crippen LogP contribution in [0.2, 0.25) is 0 Å². The van der Waals surface area contributed by atoms with Crippen molar-refractivity contribution in [3.63, 3.8) is 0 Å². The number of hydrogen-bond acceptors (Lipinski definition) is 8. The lowest BCUT2D eigenvalue weighted by molar-refractivity contribution is 0.397. The van der Waals surface area contributed by atoms with Gasteiger partial charge in [-0.15, -0.1) is 0 Å². The summed E-state index contributed by atoms with van der Waals surface area (Å²) in [6.45, 7) is 0. The van der Waals surface area contributed by atoms with Crippen LogP contribution in [0.25, 0.3) is 79.8 Å². The molecule has 10 nitrogen and oxygen atoms in total. The molecule has 2 aliphatic rings. The molecule has 0 atom stereocenters. The first-order chi connectivity index (χ1) is 26.5. The predicted molar refractivity (Wildman–Crippen MR) is 214 cm³/mol. The maximum absolute atomic E-state index is 5.98. The Bertz CT molecular complexity index is 2530. The topological polar surface area (TPSA) is 113 Å². The van der Waals surface area contributed by atoms with E-state index in [1.165, 1.54) is 0 Å². The van der Waals surface area contributed by atoms with Gasteiger partial charge in [-0.05, 0) is 91.0 Å². The molecule has 6 aromatic rings. The quantitative estimate of drug-likeness (QED) is 0.152. The second-order valence-corrected chi connectivity index (χ2v) is 12.5. The summed E-state index contributed by atoms with van der Waals surface area (Å²) in [6, 6.07) is 27.4. The van der Waals surface area contributed by atoms with Gasteiger partial charge < -0.3 is 38.4 Å². The molecule has 8 rings (SSSR count). The highest BCUT2D eigenvalue weighted by Gasteiger charge is 2.24. The Morgan fingerprint density at radius 1 is 0.370 bits per heavy atom. The smallest absolute Gasteiger partial charge is 0.130 e. The second-order valence-electron chi connectivity index (χ2n) is 12.5. The molecular weight excluding hydrogens is 681 g/mol. The average Bonchev–Trinajstić information content (AvgIpc) is 4.05. The minimum absolute atomic E-state index is 0.623. The zero-order valence-electron chi connectivity index (χ0n) is 30.7. The number of ether oxygens (including phenoxy) is 6. The Hall–Kier alpha value is -6.94. The van der Waals surface area contributed by atoms with Gasteiger partial charge in [0.05, 0.1) is 82.1 Å². The average molecular weight is 719 g/mol. The molecule has 0 spiro atoms. The number of rotatable bonds is 9. The van der Waals surface area contributed by atoms with Crippen molar-refractivity contribution < 1.29 is 28.4 Å². The van der Waals surface area contributed by atoms with Crippen LogP contribution in [0.1, 0.15) is 22.8 Å². The van der Waals surface area contributed by atoms with Crippen molar-refractivity contribution in [1.82, 2.24) is 19.9 Å². The van der Waals surface area contributed by atoms with Crippen LogP contribution in [0, 0.1) is 0 Å². The number of fused-ring (bicyclic) bond motifs is 8. The van der Waals surface area contributed by atoms with E-state index in [-0.39, 0.29) is 0 Å². The summed E-state index contributed by atoms with van der Waals surface area (Å²) in [5, 5.41) is 0. The van der Waals surface area contributed by atoms with E-state index in [4.69, 9.17) is 38.4 Å². The monoisotopic (exact) mass is 718 g/mol. The van der Waals surface area contributed by atoms with Gasteiger partial charge in [0, 0.05) is 38.8 Å². The number of benzene rings is 3. The van der Waals surface area contributed by atoms with Gasteiger partial charge in [-0.2, -0.15) is 0 Å². The third-order valence-corrected chi connectivity index (χ3v) is 9.61. The van der Waals surface area contributed by atoms with Gasteiger partial charge in [0.25, 0.3) is 0 Å². The molecule has 8 bridgehead atoms. The molecule has 0 aliphatic carbocycles. The van der Waals surface area contributed by atoms with Crippen LogP contribution in [0.5, 0.6) is 34.5 Å². The van der Waals surface area contributed by atoms with Gasteiger partial charge in [0.1, 0.15) is 34.5 Å². The number of methoxy groups -OCH3 is 6. The molecule has 270 valence electrons. The first-order valence-corrected chi connectivity index (χ1v) is 17.3. The van der Waals surface area contributed by atoms with Crippen molar-refractivity contribution >= 4 is 46.4 Å². The maximum Gasteiger partial charge on any atom is 0.130 e. The lowest BCUT2D eigenvalue weighted by atomic mass is 10.0. The number of aromatic nitrogens is 4. The summed E-state index contributed by atoms with van der Waals surface area (Å²) in [6.07, 6.45) is 8.01. The molecule has 0 saturated heterocycles. The predicted octanol–water partition coefficient (Wildman–Crippen LogP) is 9.71. The lowest BCUT2D eigenvalue weighted by Crippen LogP contribution is -1.97. The van der Waals surface area contributed by atoms with E-state index in [1.807, 2.05) is 109 Å². The molecule has 0 saturated carbocycles. The summed E-state index contributed by atoms with van der Waals surface area (Å²) in [5.74, 6) is 3.82. The Labute approximate surface area is 312 Å². The summed E-state index contributed by atoms with van der Waals surface area (Å²) in [5.41, 5.74) is 10.7.